The molecule has 0 saturated heterocycles. The molecule has 0 aromatic heterocycles. The van der Waals surface area contributed by atoms with Gasteiger partial charge in [0.05, 0.1) is 11.4 Å². The predicted octanol–water partition coefficient (Wildman–Crippen LogP) is 13.6. The first-order chi connectivity index (χ1) is 24.6. The summed E-state index contributed by atoms with van der Waals surface area (Å²) in [7, 11) is 0. The van der Waals surface area contributed by atoms with E-state index in [4.69, 9.17) is 0 Å². The van der Waals surface area contributed by atoms with Crippen LogP contribution in [0.4, 0.5) is 17.1 Å². The highest BCUT2D eigenvalue weighted by molar-refractivity contribution is 6.16. The SMILES string of the molecule is CC1(C)c2ccccc2-c2c(-c3ccccc3)c(N(c3ccc(-c4ccccc4)cc3)c3ccccc3-c3ccccc3)c3ccccc3c21. The van der Waals surface area contributed by atoms with Crippen LogP contribution in [0, 0.1) is 0 Å². The number of fused-ring (bicyclic) bond motifs is 5. The molecule has 0 bridgehead atoms. The molecular weight excluding hydrogens is 603 g/mol. The van der Waals surface area contributed by atoms with Crippen LogP contribution in [0.25, 0.3) is 55.3 Å². The highest BCUT2D eigenvalue weighted by atomic mass is 15.1. The molecule has 50 heavy (non-hydrogen) atoms. The third kappa shape index (κ3) is 4.77. The van der Waals surface area contributed by atoms with E-state index in [0.717, 1.165) is 11.4 Å². The van der Waals surface area contributed by atoms with Gasteiger partial charge < -0.3 is 4.90 Å². The first-order valence-corrected chi connectivity index (χ1v) is 17.5. The molecule has 0 N–H and O–H groups in total. The Morgan fingerprint density at radius 1 is 0.380 bits per heavy atom. The van der Waals surface area contributed by atoms with Crippen molar-refractivity contribution in [1.82, 2.24) is 0 Å². The zero-order valence-electron chi connectivity index (χ0n) is 28.3. The second-order valence-corrected chi connectivity index (χ2v) is 13.7. The minimum atomic E-state index is -0.169. The minimum absolute atomic E-state index is 0.169. The van der Waals surface area contributed by atoms with Crippen LogP contribution in [0.2, 0.25) is 0 Å². The molecule has 8 aromatic rings. The van der Waals surface area contributed by atoms with Gasteiger partial charge in [0.1, 0.15) is 0 Å². The molecule has 0 spiro atoms. The molecule has 1 nitrogen and oxygen atoms in total. The Labute approximate surface area is 294 Å². The topological polar surface area (TPSA) is 3.24 Å². The average Bonchev–Trinajstić information content (AvgIpc) is 3.43. The van der Waals surface area contributed by atoms with Crippen LogP contribution in [0.5, 0.6) is 0 Å². The second kappa shape index (κ2) is 12.1. The van der Waals surface area contributed by atoms with Gasteiger partial charge in [-0.2, -0.15) is 0 Å². The van der Waals surface area contributed by atoms with E-state index in [-0.39, 0.29) is 5.41 Å². The van der Waals surface area contributed by atoms with Gasteiger partial charge in [-0.25, -0.2) is 0 Å². The molecule has 1 aliphatic rings. The van der Waals surface area contributed by atoms with Gasteiger partial charge in [0.2, 0.25) is 0 Å². The number of hydrogen-bond donors (Lipinski definition) is 0. The molecule has 0 saturated carbocycles. The largest absolute Gasteiger partial charge is 0.309 e. The smallest absolute Gasteiger partial charge is 0.0625 e. The Morgan fingerprint density at radius 2 is 0.880 bits per heavy atom. The second-order valence-electron chi connectivity index (χ2n) is 13.7. The van der Waals surface area contributed by atoms with Crippen LogP contribution in [0.3, 0.4) is 0 Å². The quantitative estimate of drug-likeness (QED) is 0.175. The summed E-state index contributed by atoms with van der Waals surface area (Å²) < 4.78 is 0. The van der Waals surface area contributed by atoms with Gasteiger partial charge >= 0.3 is 0 Å². The molecule has 0 heterocycles. The van der Waals surface area contributed by atoms with Gasteiger partial charge in [-0.05, 0) is 68.1 Å². The van der Waals surface area contributed by atoms with Crippen molar-refractivity contribution < 1.29 is 0 Å². The lowest BCUT2D eigenvalue weighted by atomic mass is 9.78. The van der Waals surface area contributed by atoms with Gasteiger partial charge in [-0.1, -0.05) is 184 Å². The van der Waals surface area contributed by atoms with Gasteiger partial charge in [0.25, 0.3) is 0 Å². The predicted molar refractivity (Wildman–Crippen MR) is 213 cm³/mol. The maximum Gasteiger partial charge on any atom is 0.0625 e. The molecule has 0 radical (unpaired) electrons. The third-order valence-corrected chi connectivity index (χ3v) is 10.4. The Morgan fingerprint density at radius 3 is 1.56 bits per heavy atom. The van der Waals surface area contributed by atoms with Crippen LogP contribution in [0.1, 0.15) is 25.0 Å². The van der Waals surface area contributed by atoms with Gasteiger partial charge in [-0.15, -0.1) is 0 Å². The highest BCUT2D eigenvalue weighted by Gasteiger charge is 2.40. The van der Waals surface area contributed by atoms with Crippen LogP contribution >= 0.6 is 0 Å². The molecule has 0 unspecified atom stereocenters. The van der Waals surface area contributed by atoms with E-state index >= 15 is 0 Å². The lowest BCUT2D eigenvalue weighted by Gasteiger charge is -2.33. The average molecular weight is 640 g/mol. The summed E-state index contributed by atoms with van der Waals surface area (Å²) in [5.74, 6) is 0. The molecule has 9 rings (SSSR count). The van der Waals surface area contributed by atoms with E-state index in [0.29, 0.717) is 0 Å². The lowest BCUT2D eigenvalue weighted by molar-refractivity contribution is 0.666. The Bertz CT molecular complexity index is 2480. The zero-order chi connectivity index (χ0) is 33.7. The Hall–Kier alpha value is -6.18. The number of benzene rings is 8. The van der Waals surface area contributed by atoms with E-state index in [2.05, 4.69) is 207 Å². The van der Waals surface area contributed by atoms with Crippen molar-refractivity contribution >= 4 is 27.8 Å². The van der Waals surface area contributed by atoms with Gasteiger partial charge in [-0.3, -0.25) is 0 Å². The first-order valence-electron chi connectivity index (χ1n) is 17.5. The van der Waals surface area contributed by atoms with Crippen molar-refractivity contribution in [2.75, 3.05) is 4.90 Å². The molecular formula is C49H37N. The van der Waals surface area contributed by atoms with Crippen molar-refractivity contribution in [3.8, 4) is 44.5 Å². The number of anilines is 3. The molecule has 8 aromatic carbocycles. The van der Waals surface area contributed by atoms with E-state index in [1.807, 2.05) is 0 Å². The van der Waals surface area contributed by atoms with Gasteiger partial charge in [0, 0.05) is 27.6 Å². The molecule has 0 amide bonds. The monoisotopic (exact) mass is 639 g/mol. The fourth-order valence-electron chi connectivity index (χ4n) is 8.19. The highest BCUT2D eigenvalue weighted by Crippen LogP contribution is 2.59. The van der Waals surface area contributed by atoms with E-state index in [1.165, 1.54) is 72.1 Å². The van der Waals surface area contributed by atoms with Crippen molar-refractivity contribution in [2.24, 2.45) is 0 Å². The van der Waals surface area contributed by atoms with E-state index in [9.17, 15) is 0 Å². The number of nitrogens with zero attached hydrogens (tertiary/aromatic N) is 1. The van der Waals surface area contributed by atoms with Crippen LogP contribution in [-0.2, 0) is 5.41 Å². The summed E-state index contributed by atoms with van der Waals surface area (Å²) in [6.45, 7) is 4.78. The van der Waals surface area contributed by atoms with Crippen LogP contribution < -0.4 is 4.90 Å². The molecule has 0 fully saturated rings. The Kier molecular flexibility index (Phi) is 7.21. The molecule has 238 valence electrons. The fourth-order valence-corrected chi connectivity index (χ4v) is 8.19. The standard InChI is InChI=1S/C49H37N/c1-49(2)43-28-16-14-27-42(43)46-45(37-22-10-5-11-23-37)48(41-26-13-12-25-40(41)47(46)49)50(38-32-30-35(31-33-38)34-18-6-3-7-19-34)44-29-17-15-24-39(44)36-20-8-4-9-21-36/h3-33H,1-2H3. The van der Waals surface area contributed by atoms with Crippen molar-refractivity contribution in [3.63, 3.8) is 0 Å². The normalized spacial score (nSPS) is 12.8. The summed E-state index contributed by atoms with van der Waals surface area (Å²) in [6, 6.07) is 68.5. The summed E-state index contributed by atoms with van der Waals surface area (Å²) in [5.41, 5.74) is 15.9. The molecule has 0 aliphatic heterocycles. The molecule has 1 heteroatoms. The third-order valence-electron chi connectivity index (χ3n) is 10.4. The van der Waals surface area contributed by atoms with Crippen molar-refractivity contribution in [2.45, 2.75) is 19.3 Å². The first kappa shape index (κ1) is 29.9. The van der Waals surface area contributed by atoms with Crippen molar-refractivity contribution in [3.05, 3.63) is 199 Å². The Balaban J connectivity index is 1.44. The van der Waals surface area contributed by atoms with Gasteiger partial charge in [0.15, 0.2) is 0 Å². The maximum atomic E-state index is 2.52. The maximum absolute atomic E-state index is 2.52. The summed E-state index contributed by atoms with van der Waals surface area (Å²) in [4.78, 5) is 2.52. The summed E-state index contributed by atoms with van der Waals surface area (Å²) >= 11 is 0. The summed E-state index contributed by atoms with van der Waals surface area (Å²) in [5, 5.41) is 2.53. The fraction of sp³-hybridized carbons (Fsp3) is 0.0612. The number of rotatable bonds is 6. The van der Waals surface area contributed by atoms with Crippen molar-refractivity contribution in [1.29, 1.82) is 0 Å². The summed E-state index contributed by atoms with van der Waals surface area (Å²) in [6.07, 6.45) is 0. The number of para-hydroxylation sites is 1. The zero-order valence-corrected chi connectivity index (χ0v) is 28.3. The van der Waals surface area contributed by atoms with E-state index < -0.39 is 0 Å². The minimum Gasteiger partial charge on any atom is -0.309 e. The molecule has 1 aliphatic carbocycles. The molecule has 0 atom stereocenters. The van der Waals surface area contributed by atoms with Crippen LogP contribution in [-0.4, -0.2) is 0 Å². The lowest BCUT2D eigenvalue weighted by Crippen LogP contribution is -2.17. The number of hydrogen-bond acceptors (Lipinski definition) is 1. The van der Waals surface area contributed by atoms with E-state index in [1.54, 1.807) is 0 Å². The van der Waals surface area contributed by atoms with Crippen LogP contribution in [0.15, 0.2) is 188 Å².